The van der Waals surface area contributed by atoms with Gasteiger partial charge in [-0.15, -0.1) is 0 Å². The molecule has 1 N–H and O–H groups in total. The van der Waals surface area contributed by atoms with E-state index in [0.717, 1.165) is 25.6 Å². The summed E-state index contributed by atoms with van der Waals surface area (Å²) in [6.07, 6.45) is -2.07. The molecule has 1 aromatic rings. The lowest BCUT2D eigenvalue weighted by Crippen LogP contribution is -2.40. The Kier molecular flexibility index (Phi) is 4.46. The molecular weight excluding hydrogens is 259 g/mol. The summed E-state index contributed by atoms with van der Waals surface area (Å²) in [4.78, 5) is 0. The van der Waals surface area contributed by atoms with Gasteiger partial charge in [-0.1, -0.05) is 6.92 Å². The van der Waals surface area contributed by atoms with Crippen molar-refractivity contribution in [3.05, 3.63) is 18.0 Å². The highest BCUT2D eigenvalue weighted by Gasteiger charge is 2.34. The van der Waals surface area contributed by atoms with Crippen molar-refractivity contribution in [1.29, 1.82) is 0 Å². The Labute approximate surface area is 109 Å². The monoisotopic (exact) mass is 277 g/mol. The van der Waals surface area contributed by atoms with Gasteiger partial charge in [0, 0.05) is 24.8 Å². The zero-order valence-electron chi connectivity index (χ0n) is 10.8. The van der Waals surface area contributed by atoms with Gasteiger partial charge in [-0.3, -0.25) is 4.68 Å². The van der Waals surface area contributed by atoms with Crippen LogP contribution >= 0.6 is 0 Å². The third kappa shape index (κ3) is 3.70. The van der Waals surface area contributed by atoms with E-state index in [1.807, 2.05) is 6.92 Å². The maximum Gasteiger partial charge on any atom is 0.435 e. The highest BCUT2D eigenvalue weighted by Crippen LogP contribution is 2.27. The molecule has 1 aromatic heterocycles. The summed E-state index contributed by atoms with van der Waals surface area (Å²) in [7, 11) is 0. The summed E-state index contributed by atoms with van der Waals surface area (Å²) in [5, 5.41) is 6.88. The largest absolute Gasteiger partial charge is 0.435 e. The molecule has 2 unspecified atom stereocenters. The third-order valence-electron chi connectivity index (χ3n) is 3.32. The van der Waals surface area contributed by atoms with Gasteiger partial charge in [0.25, 0.3) is 0 Å². The summed E-state index contributed by atoms with van der Waals surface area (Å²) in [6, 6.07) is 1.10. The Hall–Kier alpha value is -1.08. The molecule has 4 nitrogen and oxygen atoms in total. The maximum absolute atomic E-state index is 12.5. The number of halogens is 3. The lowest BCUT2D eigenvalue weighted by molar-refractivity contribution is -0.141. The van der Waals surface area contributed by atoms with Crippen molar-refractivity contribution in [3.8, 4) is 0 Å². The van der Waals surface area contributed by atoms with Crippen molar-refractivity contribution in [1.82, 2.24) is 15.1 Å². The fraction of sp³-hybridized carbons (Fsp3) is 0.750. The smallest absolute Gasteiger partial charge is 0.381 e. The number of hydrogen-bond donors (Lipinski definition) is 1. The predicted octanol–water partition coefficient (Wildman–Crippen LogP) is 1.92. The van der Waals surface area contributed by atoms with E-state index in [0.29, 0.717) is 19.1 Å². The fourth-order valence-electron chi connectivity index (χ4n) is 2.33. The second-order valence-corrected chi connectivity index (χ2v) is 4.71. The van der Waals surface area contributed by atoms with Crippen LogP contribution < -0.4 is 5.32 Å². The van der Waals surface area contributed by atoms with Gasteiger partial charge in [0.2, 0.25) is 0 Å². The standard InChI is InChI=1S/C12H18F3N3O/c1-2-16-10(9-4-6-19-8-9)7-18-5-3-11(17-18)12(13,14)15/h3,5,9-10,16H,2,4,6-8H2,1H3. The van der Waals surface area contributed by atoms with Crippen molar-refractivity contribution < 1.29 is 17.9 Å². The molecule has 2 heterocycles. The van der Waals surface area contributed by atoms with Crippen LogP contribution in [0.2, 0.25) is 0 Å². The molecule has 1 fully saturated rings. The van der Waals surface area contributed by atoms with Crippen LogP contribution in [0.1, 0.15) is 19.0 Å². The van der Waals surface area contributed by atoms with Gasteiger partial charge in [0.15, 0.2) is 5.69 Å². The number of rotatable bonds is 5. The first-order valence-corrected chi connectivity index (χ1v) is 6.42. The lowest BCUT2D eigenvalue weighted by atomic mass is 9.99. The number of hydrogen-bond acceptors (Lipinski definition) is 3. The molecule has 0 bridgehead atoms. The Morgan fingerprint density at radius 3 is 2.89 bits per heavy atom. The molecule has 1 aliphatic rings. The van der Waals surface area contributed by atoms with Gasteiger partial charge < -0.3 is 10.1 Å². The maximum atomic E-state index is 12.5. The number of likely N-dealkylation sites (N-methyl/N-ethyl adjacent to an activating group) is 1. The molecular formula is C12H18F3N3O. The molecule has 108 valence electrons. The van der Waals surface area contributed by atoms with Crippen molar-refractivity contribution in [2.45, 2.75) is 32.1 Å². The molecule has 0 spiro atoms. The van der Waals surface area contributed by atoms with Crippen LogP contribution in [0.25, 0.3) is 0 Å². The van der Waals surface area contributed by atoms with Gasteiger partial charge in [0.05, 0.1) is 13.2 Å². The molecule has 2 rings (SSSR count). The van der Waals surface area contributed by atoms with Crippen molar-refractivity contribution in [3.63, 3.8) is 0 Å². The molecule has 0 radical (unpaired) electrons. The van der Waals surface area contributed by atoms with Crippen molar-refractivity contribution in [2.24, 2.45) is 5.92 Å². The van der Waals surface area contributed by atoms with Crippen LogP contribution in [0.15, 0.2) is 12.3 Å². The number of nitrogens with zero attached hydrogens (tertiary/aromatic N) is 2. The molecule has 0 amide bonds. The topological polar surface area (TPSA) is 39.1 Å². The zero-order valence-corrected chi connectivity index (χ0v) is 10.8. The number of aromatic nitrogens is 2. The van der Waals surface area contributed by atoms with Gasteiger partial charge in [-0.05, 0) is 19.0 Å². The van der Waals surface area contributed by atoms with Crippen molar-refractivity contribution in [2.75, 3.05) is 19.8 Å². The van der Waals surface area contributed by atoms with E-state index in [9.17, 15) is 13.2 Å². The Morgan fingerprint density at radius 1 is 1.58 bits per heavy atom. The molecule has 0 saturated carbocycles. The Morgan fingerprint density at radius 2 is 2.37 bits per heavy atom. The molecule has 1 aliphatic heterocycles. The zero-order chi connectivity index (χ0) is 13.9. The van der Waals surface area contributed by atoms with Crippen molar-refractivity contribution >= 4 is 0 Å². The first-order chi connectivity index (χ1) is 9.00. The summed E-state index contributed by atoms with van der Waals surface area (Å²) in [5.74, 6) is 0.332. The first kappa shape index (κ1) is 14.3. The summed E-state index contributed by atoms with van der Waals surface area (Å²) >= 11 is 0. The second-order valence-electron chi connectivity index (χ2n) is 4.71. The van der Waals surface area contributed by atoms with Gasteiger partial charge >= 0.3 is 6.18 Å². The van der Waals surface area contributed by atoms with E-state index in [4.69, 9.17) is 4.74 Å². The fourth-order valence-corrected chi connectivity index (χ4v) is 2.33. The molecule has 0 aromatic carbocycles. The summed E-state index contributed by atoms with van der Waals surface area (Å²) < 4.78 is 44.1. The first-order valence-electron chi connectivity index (χ1n) is 6.42. The molecule has 2 atom stereocenters. The van der Waals surface area contributed by atoms with E-state index in [2.05, 4.69) is 10.4 Å². The van der Waals surface area contributed by atoms with Crippen LogP contribution in [-0.4, -0.2) is 35.6 Å². The quantitative estimate of drug-likeness (QED) is 0.893. The Balaban J connectivity index is 2.02. The number of nitrogens with one attached hydrogen (secondary N) is 1. The average molecular weight is 277 g/mol. The minimum Gasteiger partial charge on any atom is -0.381 e. The van der Waals surface area contributed by atoms with Crippen LogP contribution in [0.5, 0.6) is 0 Å². The van der Waals surface area contributed by atoms with Crippen LogP contribution in [0.3, 0.4) is 0 Å². The molecule has 19 heavy (non-hydrogen) atoms. The lowest BCUT2D eigenvalue weighted by Gasteiger charge is -2.23. The minimum atomic E-state index is -4.38. The normalized spacial score (nSPS) is 21.8. The van der Waals surface area contributed by atoms with E-state index < -0.39 is 11.9 Å². The second kappa shape index (κ2) is 5.92. The number of alkyl halides is 3. The van der Waals surface area contributed by atoms with E-state index >= 15 is 0 Å². The summed E-state index contributed by atoms with van der Waals surface area (Å²) in [6.45, 7) is 4.56. The van der Waals surface area contributed by atoms with E-state index in [-0.39, 0.29) is 6.04 Å². The number of ether oxygens (including phenoxy) is 1. The molecule has 7 heteroatoms. The SMILES string of the molecule is CCNC(Cn1ccc(C(F)(F)F)n1)C1CCOC1. The predicted molar refractivity (Wildman–Crippen MR) is 63.6 cm³/mol. The summed E-state index contributed by atoms with van der Waals surface area (Å²) in [5.41, 5.74) is -0.842. The molecule has 1 saturated heterocycles. The van der Waals surface area contributed by atoms with Crippen LogP contribution in [0, 0.1) is 5.92 Å². The van der Waals surface area contributed by atoms with E-state index in [1.54, 1.807) is 0 Å². The Bertz CT molecular complexity index is 399. The third-order valence-corrected chi connectivity index (χ3v) is 3.32. The average Bonchev–Trinajstić information content (AvgIpc) is 2.98. The van der Waals surface area contributed by atoms with Crippen LogP contribution in [0.4, 0.5) is 13.2 Å². The highest BCUT2D eigenvalue weighted by atomic mass is 19.4. The van der Waals surface area contributed by atoms with Gasteiger partial charge in [0.1, 0.15) is 0 Å². The van der Waals surface area contributed by atoms with Crippen LogP contribution in [-0.2, 0) is 17.5 Å². The molecule has 0 aliphatic carbocycles. The van der Waals surface area contributed by atoms with Gasteiger partial charge in [-0.2, -0.15) is 18.3 Å². The highest BCUT2D eigenvalue weighted by molar-refractivity contribution is 5.03. The van der Waals surface area contributed by atoms with Gasteiger partial charge in [-0.25, -0.2) is 0 Å². The van der Waals surface area contributed by atoms with E-state index in [1.165, 1.54) is 10.9 Å². The minimum absolute atomic E-state index is 0.0912.